The average Bonchev–Trinajstić information content (AvgIpc) is 2.89. The molecule has 19 heavy (non-hydrogen) atoms. The van der Waals surface area contributed by atoms with E-state index in [4.69, 9.17) is 15.0 Å². The van der Waals surface area contributed by atoms with Crippen LogP contribution in [0.5, 0.6) is 0 Å². The summed E-state index contributed by atoms with van der Waals surface area (Å²) in [6.07, 6.45) is 1.17. The molecule has 0 aliphatic rings. The van der Waals surface area contributed by atoms with Crippen molar-refractivity contribution < 1.29 is 9.26 Å². The summed E-state index contributed by atoms with van der Waals surface area (Å²) in [6.45, 7) is 2.04. The first kappa shape index (κ1) is 13.7. The second-order valence-electron chi connectivity index (χ2n) is 4.45. The molecule has 5 nitrogen and oxygen atoms in total. The molecule has 2 rings (SSSR count). The van der Waals surface area contributed by atoms with E-state index in [1.54, 1.807) is 7.11 Å². The zero-order valence-electron chi connectivity index (χ0n) is 11.2. The van der Waals surface area contributed by atoms with E-state index >= 15 is 0 Å². The summed E-state index contributed by atoms with van der Waals surface area (Å²) in [5.41, 5.74) is 6.87. The minimum absolute atomic E-state index is 0.0585. The van der Waals surface area contributed by atoms with Gasteiger partial charge < -0.3 is 15.0 Å². The SMILES string of the molecule is CCC(N)Cc1noc(C(OC)c2ccccc2)n1. The molecule has 2 aromatic rings. The van der Waals surface area contributed by atoms with Crippen LogP contribution in [-0.4, -0.2) is 23.3 Å². The smallest absolute Gasteiger partial charge is 0.260 e. The Morgan fingerprint density at radius 3 is 2.68 bits per heavy atom. The van der Waals surface area contributed by atoms with Gasteiger partial charge in [0.1, 0.15) is 0 Å². The third-order valence-electron chi connectivity index (χ3n) is 3.02. The van der Waals surface area contributed by atoms with E-state index in [1.807, 2.05) is 37.3 Å². The van der Waals surface area contributed by atoms with E-state index in [0.717, 1.165) is 12.0 Å². The number of nitrogens with zero attached hydrogens (tertiary/aromatic N) is 2. The molecule has 0 aliphatic carbocycles. The molecule has 0 saturated heterocycles. The Kier molecular flexibility index (Phi) is 4.65. The van der Waals surface area contributed by atoms with E-state index < -0.39 is 0 Å². The highest BCUT2D eigenvalue weighted by Gasteiger charge is 2.20. The van der Waals surface area contributed by atoms with Crippen molar-refractivity contribution in [3.8, 4) is 0 Å². The molecule has 102 valence electrons. The second kappa shape index (κ2) is 6.45. The number of aromatic nitrogens is 2. The lowest BCUT2D eigenvalue weighted by atomic mass is 10.1. The fourth-order valence-corrected chi connectivity index (χ4v) is 1.84. The van der Waals surface area contributed by atoms with Crippen molar-refractivity contribution >= 4 is 0 Å². The summed E-state index contributed by atoms with van der Waals surface area (Å²) in [6, 6.07) is 9.85. The van der Waals surface area contributed by atoms with Crippen LogP contribution in [0.15, 0.2) is 34.9 Å². The van der Waals surface area contributed by atoms with Gasteiger partial charge in [0.25, 0.3) is 5.89 Å². The lowest BCUT2D eigenvalue weighted by Crippen LogP contribution is -2.22. The number of methoxy groups -OCH3 is 1. The van der Waals surface area contributed by atoms with Crippen molar-refractivity contribution in [2.75, 3.05) is 7.11 Å². The predicted molar refractivity (Wildman–Crippen MR) is 71.6 cm³/mol. The molecule has 0 spiro atoms. The Hall–Kier alpha value is -1.72. The molecular formula is C14H19N3O2. The van der Waals surface area contributed by atoms with Gasteiger partial charge in [-0.2, -0.15) is 4.98 Å². The van der Waals surface area contributed by atoms with Gasteiger partial charge in [-0.25, -0.2) is 0 Å². The molecule has 0 radical (unpaired) electrons. The number of benzene rings is 1. The van der Waals surface area contributed by atoms with Gasteiger partial charge in [-0.15, -0.1) is 0 Å². The summed E-state index contributed by atoms with van der Waals surface area (Å²) in [5, 5.41) is 3.95. The first-order valence-electron chi connectivity index (χ1n) is 6.40. The predicted octanol–water partition coefficient (Wildman–Crippen LogP) is 2.09. The van der Waals surface area contributed by atoms with E-state index in [1.165, 1.54) is 0 Å². The van der Waals surface area contributed by atoms with Crippen LogP contribution in [-0.2, 0) is 11.2 Å². The quantitative estimate of drug-likeness (QED) is 0.861. The number of hydrogen-bond acceptors (Lipinski definition) is 5. The highest BCUT2D eigenvalue weighted by atomic mass is 16.5. The standard InChI is InChI=1S/C14H19N3O2/c1-3-11(15)9-12-16-14(19-17-12)13(18-2)10-7-5-4-6-8-10/h4-8,11,13H,3,9,15H2,1-2H3. The molecule has 2 N–H and O–H groups in total. The highest BCUT2D eigenvalue weighted by Crippen LogP contribution is 2.23. The maximum atomic E-state index is 5.88. The van der Waals surface area contributed by atoms with Gasteiger partial charge in [-0.05, 0) is 12.0 Å². The molecule has 2 unspecified atom stereocenters. The maximum Gasteiger partial charge on any atom is 0.260 e. The largest absolute Gasteiger partial charge is 0.367 e. The molecule has 2 atom stereocenters. The fraction of sp³-hybridized carbons (Fsp3) is 0.429. The number of nitrogens with two attached hydrogens (primary N) is 1. The van der Waals surface area contributed by atoms with Gasteiger partial charge in [0.15, 0.2) is 11.9 Å². The van der Waals surface area contributed by atoms with Gasteiger partial charge in [-0.3, -0.25) is 0 Å². The zero-order valence-corrected chi connectivity index (χ0v) is 11.2. The van der Waals surface area contributed by atoms with Crippen LogP contribution in [0.1, 0.15) is 36.7 Å². The van der Waals surface area contributed by atoms with Crippen LogP contribution in [0.25, 0.3) is 0 Å². The number of hydrogen-bond donors (Lipinski definition) is 1. The van der Waals surface area contributed by atoms with Crippen molar-refractivity contribution in [3.05, 3.63) is 47.6 Å². The van der Waals surface area contributed by atoms with Crippen molar-refractivity contribution in [1.82, 2.24) is 10.1 Å². The summed E-state index contributed by atoms with van der Waals surface area (Å²) in [5.74, 6) is 1.09. The van der Waals surface area contributed by atoms with Gasteiger partial charge in [0.05, 0.1) is 0 Å². The first-order chi connectivity index (χ1) is 9.24. The Morgan fingerprint density at radius 1 is 1.32 bits per heavy atom. The molecular weight excluding hydrogens is 242 g/mol. The Balaban J connectivity index is 2.16. The van der Waals surface area contributed by atoms with Crippen LogP contribution in [0, 0.1) is 0 Å². The van der Waals surface area contributed by atoms with Crippen molar-refractivity contribution in [3.63, 3.8) is 0 Å². The molecule has 1 aromatic carbocycles. The normalized spacial score (nSPS) is 14.3. The van der Waals surface area contributed by atoms with E-state index in [2.05, 4.69) is 10.1 Å². The summed E-state index contributed by atoms with van der Waals surface area (Å²) < 4.78 is 10.7. The molecule has 5 heteroatoms. The van der Waals surface area contributed by atoms with Gasteiger partial charge in [0, 0.05) is 19.6 Å². The molecule has 0 fully saturated rings. The molecule has 0 amide bonds. The molecule has 0 saturated carbocycles. The van der Waals surface area contributed by atoms with Gasteiger partial charge >= 0.3 is 0 Å². The highest BCUT2D eigenvalue weighted by molar-refractivity contribution is 5.22. The van der Waals surface area contributed by atoms with Crippen molar-refractivity contribution in [2.24, 2.45) is 5.73 Å². The lowest BCUT2D eigenvalue weighted by Gasteiger charge is -2.10. The summed E-state index contributed by atoms with van der Waals surface area (Å²) >= 11 is 0. The molecule has 0 aliphatic heterocycles. The third kappa shape index (κ3) is 3.39. The molecule has 0 bridgehead atoms. The second-order valence-corrected chi connectivity index (χ2v) is 4.45. The Morgan fingerprint density at radius 2 is 2.05 bits per heavy atom. The molecule has 1 heterocycles. The Bertz CT molecular complexity index is 498. The summed E-state index contributed by atoms with van der Waals surface area (Å²) in [4.78, 5) is 4.36. The Labute approximate surface area is 112 Å². The summed E-state index contributed by atoms with van der Waals surface area (Å²) in [7, 11) is 1.62. The molecule has 1 aromatic heterocycles. The monoisotopic (exact) mass is 261 g/mol. The van der Waals surface area contributed by atoms with Gasteiger partial charge in [-0.1, -0.05) is 42.4 Å². The van der Waals surface area contributed by atoms with Crippen molar-refractivity contribution in [1.29, 1.82) is 0 Å². The topological polar surface area (TPSA) is 74.2 Å². The van der Waals surface area contributed by atoms with E-state index in [0.29, 0.717) is 18.1 Å². The first-order valence-corrected chi connectivity index (χ1v) is 6.40. The van der Waals surface area contributed by atoms with Gasteiger partial charge in [0.2, 0.25) is 0 Å². The minimum Gasteiger partial charge on any atom is -0.367 e. The third-order valence-corrected chi connectivity index (χ3v) is 3.02. The van der Waals surface area contributed by atoms with Crippen LogP contribution >= 0.6 is 0 Å². The fourth-order valence-electron chi connectivity index (χ4n) is 1.84. The van der Waals surface area contributed by atoms with E-state index in [-0.39, 0.29) is 12.1 Å². The average molecular weight is 261 g/mol. The van der Waals surface area contributed by atoms with Crippen molar-refractivity contribution in [2.45, 2.75) is 31.9 Å². The minimum atomic E-state index is -0.333. The van der Waals surface area contributed by atoms with E-state index in [9.17, 15) is 0 Å². The van der Waals surface area contributed by atoms with Crippen LogP contribution < -0.4 is 5.73 Å². The number of rotatable bonds is 6. The zero-order chi connectivity index (χ0) is 13.7. The number of ether oxygens (including phenoxy) is 1. The van der Waals surface area contributed by atoms with Crippen LogP contribution in [0.2, 0.25) is 0 Å². The van der Waals surface area contributed by atoms with Crippen LogP contribution in [0.4, 0.5) is 0 Å². The van der Waals surface area contributed by atoms with Crippen LogP contribution in [0.3, 0.4) is 0 Å². The lowest BCUT2D eigenvalue weighted by molar-refractivity contribution is 0.105. The maximum absolute atomic E-state index is 5.88.